The van der Waals surface area contributed by atoms with Crippen molar-refractivity contribution in [3.05, 3.63) is 36.0 Å². The van der Waals surface area contributed by atoms with Crippen molar-refractivity contribution in [2.45, 2.75) is 44.2 Å². The zero-order chi connectivity index (χ0) is 18.1. The maximum Gasteiger partial charge on any atom is 0.227 e. The van der Waals surface area contributed by atoms with Crippen LogP contribution in [0.2, 0.25) is 0 Å². The Morgan fingerprint density at radius 1 is 1.15 bits per heavy atom. The van der Waals surface area contributed by atoms with Gasteiger partial charge in [0.05, 0.1) is 12.5 Å². The number of carbonyl (C=O) groups excluding carboxylic acids is 1. The van der Waals surface area contributed by atoms with Gasteiger partial charge in [-0.1, -0.05) is 18.2 Å². The van der Waals surface area contributed by atoms with Crippen LogP contribution in [0.4, 0.5) is 0 Å². The zero-order valence-electron chi connectivity index (χ0n) is 15.6. The summed E-state index contributed by atoms with van der Waals surface area (Å²) < 4.78 is 2.10. The molecule has 2 saturated heterocycles. The number of carbonyl (C=O) groups is 1. The van der Waals surface area contributed by atoms with Crippen molar-refractivity contribution in [3.8, 4) is 0 Å². The average Bonchev–Trinajstić information content (AvgIpc) is 2.98. The number of benzene rings is 1. The minimum atomic E-state index is -0.172. The van der Waals surface area contributed by atoms with Crippen molar-refractivity contribution in [2.24, 2.45) is 7.05 Å². The highest BCUT2D eigenvalue weighted by atomic mass is 16.3. The molecule has 1 aromatic heterocycles. The monoisotopic (exact) mass is 355 g/mol. The minimum Gasteiger partial charge on any atom is -0.392 e. The molecule has 1 aromatic carbocycles. The fourth-order valence-corrected chi connectivity index (χ4v) is 4.64. The van der Waals surface area contributed by atoms with E-state index in [1.54, 1.807) is 0 Å². The summed E-state index contributed by atoms with van der Waals surface area (Å²) in [4.78, 5) is 17.3. The molecule has 3 heterocycles. The van der Waals surface area contributed by atoms with Crippen LogP contribution in [-0.4, -0.2) is 63.7 Å². The third kappa shape index (κ3) is 3.51. The molecular weight excluding hydrogens is 326 g/mol. The molecule has 5 nitrogen and oxygen atoms in total. The summed E-state index contributed by atoms with van der Waals surface area (Å²) in [5.74, 6) is 0.235. The third-order valence-electron chi connectivity index (χ3n) is 6.08. The van der Waals surface area contributed by atoms with Gasteiger partial charge in [0, 0.05) is 49.8 Å². The van der Waals surface area contributed by atoms with E-state index in [-0.39, 0.29) is 12.0 Å². The molecule has 2 aromatic rings. The second-order valence-corrected chi connectivity index (χ2v) is 7.86. The number of β-amino-alcohol motifs (C(OH)–C–C–N with tert-alkyl or cyclic N) is 1. The smallest absolute Gasteiger partial charge is 0.227 e. The zero-order valence-corrected chi connectivity index (χ0v) is 15.6. The molecule has 26 heavy (non-hydrogen) atoms. The fourth-order valence-electron chi connectivity index (χ4n) is 4.64. The van der Waals surface area contributed by atoms with Crippen molar-refractivity contribution in [2.75, 3.05) is 26.2 Å². The highest BCUT2D eigenvalue weighted by Crippen LogP contribution is 2.24. The molecule has 140 valence electrons. The van der Waals surface area contributed by atoms with Gasteiger partial charge in [0.2, 0.25) is 5.91 Å². The number of rotatable bonds is 3. The first-order valence-electron chi connectivity index (χ1n) is 9.84. The first-order valence-corrected chi connectivity index (χ1v) is 9.84. The molecular formula is C21H29N3O2. The maximum absolute atomic E-state index is 12.8. The number of hydrogen-bond donors (Lipinski definition) is 1. The van der Waals surface area contributed by atoms with Crippen LogP contribution >= 0.6 is 0 Å². The Morgan fingerprint density at radius 3 is 2.69 bits per heavy atom. The van der Waals surface area contributed by atoms with E-state index in [9.17, 15) is 9.90 Å². The lowest BCUT2D eigenvalue weighted by Gasteiger charge is -2.41. The number of nitrogens with zero attached hydrogens (tertiary/aromatic N) is 3. The molecule has 0 saturated carbocycles. The SMILES string of the molecule is Cn1cc(CC(=O)N2CCC(N3CCC[C@@H](O)C3)CC2)c2ccccc21. The predicted octanol–water partition coefficient (Wildman–Crippen LogP) is 2.17. The van der Waals surface area contributed by atoms with E-state index in [0.29, 0.717) is 12.5 Å². The van der Waals surface area contributed by atoms with E-state index in [1.807, 2.05) is 24.1 Å². The Kier molecular flexibility index (Phi) is 5.00. The second kappa shape index (κ2) is 7.41. The second-order valence-electron chi connectivity index (χ2n) is 7.86. The lowest BCUT2D eigenvalue weighted by atomic mass is 9.98. The lowest BCUT2D eigenvalue weighted by molar-refractivity contribution is -0.132. The minimum absolute atomic E-state index is 0.172. The van der Waals surface area contributed by atoms with Crippen LogP contribution in [0, 0.1) is 0 Å². The van der Waals surface area contributed by atoms with Gasteiger partial charge in [0.1, 0.15) is 0 Å². The van der Waals surface area contributed by atoms with Gasteiger partial charge in [0.25, 0.3) is 0 Å². The molecule has 0 unspecified atom stereocenters. The Morgan fingerprint density at radius 2 is 1.92 bits per heavy atom. The van der Waals surface area contributed by atoms with Gasteiger partial charge in [-0.25, -0.2) is 0 Å². The summed E-state index contributed by atoms with van der Waals surface area (Å²) in [6.07, 6.45) is 6.45. The molecule has 1 atom stereocenters. The molecule has 1 N–H and O–H groups in total. The summed E-state index contributed by atoms with van der Waals surface area (Å²) in [5.41, 5.74) is 2.30. The number of hydrogen-bond acceptors (Lipinski definition) is 3. The number of aryl methyl sites for hydroxylation is 1. The number of aliphatic hydroxyl groups is 1. The van der Waals surface area contributed by atoms with Crippen molar-refractivity contribution in [1.82, 2.24) is 14.4 Å². The number of aromatic nitrogens is 1. The van der Waals surface area contributed by atoms with Crippen LogP contribution in [0.25, 0.3) is 10.9 Å². The molecule has 2 aliphatic heterocycles. The summed E-state index contributed by atoms with van der Waals surface area (Å²) >= 11 is 0. The van der Waals surface area contributed by atoms with Gasteiger partial charge in [-0.15, -0.1) is 0 Å². The van der Waals surface area contributed by atoms with E-state index in [2.05, 4.69) is 27.8 Å². The van der Waals surface area contributed by atoms with Gasteiger partial charge in [-0.05, 0) is 43.9 Å². The maximum atomic E-state index is 12.8. The van der Waals surface area contributed by atoms with E-state index in [4.69, 9.17) is 0 Å². The number of fused-ring (bicyclic) bond motifs is 1. The molecule has 5 heteroatoms. The van der Waals surface area contributed by atoms with E-state index in [1.165, 1.54) is 10.9 Å². The van der Waals surface area contributed by atoms with E-state index < -0.39 is 0 Å². The van der Waals surface area contributed by atoms with E-state index >= 15 is 0 Å². The number of likely N-dealkylation sites (tertiary alicyclic amines) is 2. The van der Waals surface area contributed by atoms with Gasteiger partial charge in [0.15, 0.2) is 0 Å². The molecule has 4 rings (SSSR count). The molecule has 2 aliphatic rings. The first-order chi connectivity index (χ1) is 12.6. The number of para-hydroxylation sites is 1. The Labute approximate surface area is 155 Å². The molecule has 0 radical (unpaired) electrons. The standard InChI is InChI=1S/C21H29N3O2/c1-22-14-16(19-6-2-3-7-20(19)22)13-21(26)23-11-8-17(9-12-23)24-10-4-5-18(25)15-24/h2-3,6-7,14,17-18,25H,4-5,8-13,15H2,1H3/t18-/m1/s1. The summed E-state index contributed by atoms with van der Waals surface area (Å²) in [6.45, 7) is 3.56. The predicted molar refractivity (Wildman–Crippen MR) is 103 cm³/mol. The van der Waals surface area contributed by atoms with Crippen molar-refractivity contribution >= 4 is 16.8 Å². The van der Waals surface area contributed by atoms with Crippen LogP contribution in [0.3, 0.4) is 0 Å². The number of piperidine rings is 2. The quantitative estimate of drug-likeness (QED) is 0.918. The molecule has 0 bridgehead atoms. The summed E-state index contributed by atoms with van der Waals surface area (Å²) in [7, 11) is 2.04. The fraction of sp³-hybridized carbons (Fsp3) is 0.571. The topological polar surface area (TPSA) is 48.7 Å². The summed E-state index contributed by atoms with van der Waals surface area (Å²) in [5, 5.41) is 11.1. The van der Waals surface area contributed by atoms with Crippen LogP contribution < -0.4 is 0 Å². The van der Waals surface area contributed by atoms with Gasteiger partial charge >= 0.3 is 0 Å². The van der Waals surface area contributed by atoms with Gasteiger partial charge in [-0.3, -0.25) is 9.69 Å². The first kappa shape index (κ1) is 17.6. The molecule has 2 fully saturated rings. The van der Waals surface area contributed by atoms with E-state index in [0.717, 1.165) is 57.4 Å². The largest absolute Gasteiger partial charge is 0.392 e. The number of amides is 1. The molecule has 1 amide bonds. The Hall–Kier alpha value is -1.85. The van der Waals surface area contributed by atoms with Crippen LogP contribution in [0.15, 0.2) is 30.5 Å². The highest BCUT2D eigenvalue weighted by molar-refractivity contribution is 5.89. The normalized spacial score (nSPS) is 22.8. The highest BCUT2D eigenvalue weighted by Gasteiger charge is 2.29. The van der Waals surface area contributed by atoms with Crippen LogP contribution in [-0.2, 0) is 18.3 Å². The number of aliphatic hydroxyl groups excluding tert-OH is 1. The Balaban J connectivity index is 1.36. The molecule has 0 aliphatic carbocycles. The summed E-state index contributed by atoms with van der Waals surface area (Å²) in [6, 6.07) is 8.80. The van der Waals surface area contributed by atoms with Crippen LogP contribution in [0.5, 0.6) is 0 Å². The third-order valence-corrected chi connectivity index (χ3v) is 6.08. The van der Waals surface area contributed by atoms with Crippen molar-refractivity contribution in [3.63, 3.8) is 0 Å². The van der Waals surface area contributed by atoms with Gasteiger partial charge in [-0.2, -0.15) is 0 Å². The van der Waals surface area contributed by atoms with Gasteiger partial charge < -0.3 is 14.6 Å². The molecule has 0 spiro atoms. The van der Waals surface area contributed by atoms with Crippen molar-refractivity contribution < 1.29 is 9.90 Å². The Bertz CT molecular complexity index is 777. The van der Waals surface area contributed by atoms with Crippen LogP contribution in [0.1, 0.15) is 31.2 Å². The van der Waals surface area contributed by atoms with Crippen molar-refractivity contribution in [1.29, 1.82) is 0 Å². The lowest BCUT2D eigenvalue weighted by Crippen LogP contribution is -2.50. The average molecular weight is 355 g/mol.